The number of pyridine rings is 2. The summed E-state index contributed by atoms with van der Waals surface area (Å²) in [4.78, 5) is 29.9. The van der Waals surface area contributed by atoms with Gasteiger partial charge in [-0.15, -0.1) is 0 Å². The topological polar surface area (TPSA) is 111 Å². The average Bonchev–Trinajstić information content (AvgIpc) is 3.17. The van der Waals surface area contributed by atoms with Crippen LogP contribution >= 0.6 is 11.6 Å². The van der Waals surface area contributed by atoms with Crippen molar-refractivity contribution in [1.82, 2.24) is 29.7 Å². The molecule has 0 radical (unpaired) electrons. The smallest absolute Gasteiger partial charge is 0.251 e. The van der Waals surface area contributed by atoms with E-state index in [4.69, 9.17) is 17.3 Å². The fraction of sp³-hybridized carbons (Fsp3) is 0.0870. The third-order valence-corrected chi connectivity index (χ3v) is 5.29. The molecule has 0 atom stereocenters. The van der Waals surface area contributed by atoms with Gasteiger partial charge in [0.1, 0.15) is 0 Å². The zero-order valence-corrected chi connectivity index (χ0v) is 17.6. The number of fused-ring (bicyclic) bond motifs is 2. The Bertz CT molecular complexity index is 1460. The molecule has 0 bridgehead atoms. The molecule has 0 aliphatic rings. The van der Waals surface area contributed by atoms with Crippen molar-refractivity contribution in [2.24, 2.45) is 0 Å². The van der Waals surface area contributed by atoms with E-state index in [2.05, 4.69) is 25.3 Å². The van der Waals surface area contributed by atoms with Gasteiger partial charge in [0.15, 0.2) is 5.65 Å². The Balaban J connectivity index is 1.29. The zero-order chi connectivity index (χ0) is 22.1. The fourth-order valence-electron chi connectivity index (χ4n) is 3.51. The Morgan fingerprint density at radius 1 is 1.03 bits per heavy atom. The molecule has 9 heteroatoms. The van der Waals surface area contributed by atoms with Crippen molar-refractivity contribution in [2.45, 2.75) is 13.0 Å². The van der Waals surface area contributed by atoms with E-state index in [-0.39, 0.29) is 12.5 Å². The predicted octanol–water partition coefficient (Wildman–Crippen LogP) is 3.43. The van der Waals surface area contributed by atoms with Crippen LogP contribution in [-0.4, -0.2) is 30.2 Å². The van der Waals surface area contributed by atoms with Gasteiger partial charge in [0.05, 0.1) is 29.0 Å². The maximum absolute atomic E-state index is 12.7. The van der Waals surface area contributed by atoms with E-state index in [1.165, 1.54) is 0 Å². The minimum atomic E-state index is -0.196. The molecule has 4 aromatic heterocycles. The van der Waals surface area contributed by atoms with E-state index in [0.29, 0.717) is 34.3 Å². The summed E-state index contributed by atoms with van der Waals surface area (Å²) < 4.78 is 1.68. The number of nitrogens with zero attached hydrogens (tertiary/aromatic N) is 5. The minimum absolute atomic E-state index is 0.196. The van der Waals surface area contributed by atoms with Gasteiger partial charge in [0.2, 0.25) is 5.95 Å². The second-order valence-electron chi connectivity index (χ2n) is 7.34. The summed E-state index contributed by atoms with van der Waals surface area (Å²) in [6.45, 7) is 0.288. The number of benzene rings is 1. The molecule has 1 aromatic carbocycles. The van der Waals surface area contributed by atoms with Crippen molar-refractivity contribution in [3.05, 3.63) is 94.8 Å². The molecule has 0 saturated heterocycles. The average molecular weight is 444 g/mol. The third-order valence-electron chi connectivity index (χ3n) is 5.09. The largest absolute Gasteiger partial charge is 0.369 e. The number of nitrogen functional groups attached to an aromatic ring is 1. The quantitative estimate of drug-likeness (QED) is 0.430. The molecule has 8 nitrogen and oxygen atoms in total. The van der Waals surface area contributed by atoms with Gasteiger partial charge in [0.25, 0.3) is 5.91 Å². The number of aromatic nitrogens is 5. The highest BCUT2D eigenvalue weighted by atomic mass is 35.5. The predicted molar refractivity (Wildman–Crippen MR) is 122 cm³/mol. The first kappa shape index (κ1) is 19.9. The summed E-state index contributed by atoms with van der Waals surface area (Å²) in [5.74, 6) is 0.177. The molecule has 3 N–H and O–H groups in total. The second kappa shape index (κ2) is 8.24. The molecule has 0 unspecified atom stereocenters. The summed E-state index contributed by atoms with van der Waals surface area (Å²) in [6.07, 6.45) is 7.23. The Morgan fingerprint density at radius 3 is 2.84 bits per heavy atom. The molecule has 0 spiro atoms. The van der Waals surface area contributed by atoms with Crippen LogP contribution in [0.25, 0.3) is 16.6 Å². The Labute approximate surface area is 188 Å². The number of hydrogen-bond acceptors (Lipinski definition) is 6. The van der Waals surface area contributed by atoms with Gasteiger partial charge in [-0.2, -0.15) is 0 Å². The number of nitrogens with two attached hydrogens (primary N) is 1. The molecule has 5 aromatic rings. The number of rotatable bonds is 5. The molecule has 32 heavy (non-hydrogen) atoms. The molecule has 0 saturated carbocycles. The van der Waals surface area contributed by atoms with Crippen LogP contribution in [0.2, 0.25) is 5.02 Å². The van der Waals surface area contributed by atoms with Crippen LogP contribution < -0.4 is 11.1 Å². The number of carbonyl (C=O) groups is 1. The van der Waals surface area contributed by atoms with E-state index in [9.17, 15) is 4.79 Å². The number of amides is 1. The van der Waals surface area contributed by atoms with Crippen molar-refractivity contribution in [2.75, 3.05) is 5.73 Å². The zero-order valence-electron chi connectivity index (χ0n) is 16.9. The van der Waals surface area contributed by atoms with Crippen LogP contribution in [0.15, 0.2) is 67.3 Å². The summed E-state index contributed by atoms with van der Waals surface area (Å²) in [6, 6.07) is 13.2. The number of halogens is 1. The number of nitrogens with one attached hydrogen (secondary N) is 1. The van der Waals surface area contributed by atoms with Gasteiger partial charge >= 0.3 is 0 Å². The van der Waals surface area contributed by atoms with Gasteiger partial charge in [-0.25, -0.2) is 9.97 Å². The fourth-order valence-corrected chi connectivity index (χ4v) is 3.67. The molecule has 0 fully saturated rings. The first-order valence-corrected chi connectivity index (χ1v) is 10.3. The lowest BCUT2D eigenvalue weighted by Crippen LogP contribution is -2.23. The van der Waals surface area contributed by atoms with Crippen LogP contribution in [0, 0.1) is 0 Å². The van der Waals surface area contributed by atoms with Gasteiger partial charge in [-0.3, -0.25) is 19.2 Å². The summed E-state index contributed by atoms with van der Waals surface area (Å²) >= 11 is 6.06. The lowest BCUT2D eigenvalue weighted by Gasteiger charge is -2.08. The van der Waals surface area contributed by atoms with Crippen molar-refractivity contribution < 1.29 is 4.79 Å². The first-order valence-electron chi connectivity index (χ1n) is 9.91. The van der Waals surface area contributed by atoms with Gasteiger partial charge < -0.3 is 11.1 Å². The Morgan fingerprint density at radius 2 is 1.94 bits per heavy atom. The highest BCUT2D eigenvalue weighted by Gasteiger charge is 2.09. The number of hydrogen-bond donors (Lipinski definition) is 2. The molecule has 1 amide bonds. The van der Waals surface area contributed by atoms with Gasteiger partial charge in [-0.1, -0.05) is 17.7 Å². The summed E-state index contributed by atoms with van der Waals surface area (Å²) in [5.41, 5.74) is 10.4. The van der Waals surface area contributed by atoms with Crippen LogP contribution in [0.3, 0.4) is 0 Å². The number of carbonyl (C=O) groups excluding carboxylic acids is 1. The van der Waals surface area contributed by atoms with Crippen LogP contribution in [0.1, 0.15) is 27.3 Å². The summed E-state index contributed by atoms with van der Waals surface area (Å²) in [5, 5.41) is 4.46. The van der Waals surface area contributed by atoms with Crippen molar-refractivity contribution in [1.29, 1.82) is 0 Å². The van der Waals surface area contributed by atoms with Crippen LogP contribution in [0.5, 0.6) is 0 Å². The molecular formula is C23H18ClN7O. The highest BCUT2D eigenvalue weighted by Crippen LogP contribution is 2.20. The minimum Gasteiger partial charge on any atom is -0.369 e. The second-order valence-corrected chi connectivity index (χ2v) is 7.78. The SMILES string of the molecule is Nc1ncc2nc(CNC(=O)c3ccnc(Cc4ccc5ncc(Cl)cc5c4)c3)ccn12. The Hall–Kier alpha value is -4.04. The van der Waals surface area contributed by atoms with Gasteiger partial charge in [0, 0.05) is 41.7 Å². The third kappa shape index (κ3) is 4.08. The standard InChI is InChI=1S/C23H18ClN7O/c24-17-9-16-7-14(1-2-20(16)27-11-17)8-19-10-15(3-5-26-19)22(32)28-12-18-4-6-31-21(30-18)13-29-23(31)25/h1-7,9-11,13H,8,12H2,(H2,25,29)(H,28,32). The van der Waals surface area contributed by atoms with Crippen LogP contribution in [-0.2, 0) is 13.0 Å². The lowest BCUT2D eigenvalue weighted by molar-refractivity contribution is 0.0950. The molecule has 5 rings (SSSR count). The highest BCUT2D eigenvalue weighted by molar-refractivity contribution is 6.31. The molecule has 0 aliphatic heterocycles. The normalized spacial score (nSPS) is 11.2. The van der Waals surface area contributed by atoms with Crippen molar-refractivity contribution in [3.63, 3.8) is 0 Å². The molecule has 0 aliphatic carbocycles. The number of anilines is 1. The lowest BCUT2D eigenvalue weighted by atomic mass is 10.0. The first-order chi connectivity index (χ1) is 15.5. The van der Waals surface area contributed by atoms with Crippen molar-refractivity contribution >= 4 is 40.0 Å². The van der Waals surface area contributed by atoms with Gasteiger partial charge in [-0.05, 0) is 42.0 Å². The van der Waals surface area contributed by atoms with Crippen molar-refractivity contribution in [3.8, 4) is 0 Å². The maximum atomic E-state index is 12.7. The maximum Gasteiger partial charge on any atom is 0.251 e. The molecular weight excluding hydrogens is 426 g/mol. The van der Waals surface area contributed by atoms with E-state index >= 15 is 0 Å². The van der Waals surface area contributed by atoms with E-state index in [1.807, 2.05) is 24.3 Å². The molecule has 4 heterocycles. The van der Waals surface area contributed by atoms with E-state index in [1.54, 1.807) is 47.4 Å². The van der Waals surface area contributed by atoms with E-state index in [0.717, 1.165) is 22.2 Å². The monoisotopic (exact) mass is 443 g/mol. The molecule has 158 valence electrons. The summed E-state index contributed by atoms with van der Waals surface area (Å²) in [7, 11) is 0. The van der Waals surface area contributed by atoms with E-state index < -0.39 is 0 Å². The van der Waals surface area contributed by atoms with Crippen LogP contribution in [0.4, 0.5) is 5.95 Å². The Kier molecular flexibility index (Phi) is 5.12. The number of imidazole rings is 1.